The number of rotatable bonds is 6. The van der Waals surface area contributed by atoms with Gasteiger partial charge in [-0.2, -0.15) is 0 Å². The van der Waals surface area contributed by atoms with Crippen LogP contribution in [0.3, 0.4) is 0 Å². The van der Waals surface area contributed by atoms with Crippen molar-refractivity contribution < 1.29 is 17.9 Å². The average molecular weight is 472 g/mol. The summed E-state index contributed by atoms with van der Waals surface area (Å²) in [4.78, 5) is 14.9. The van der Waals surface area contributed by atoms with Crippen molar-refractivity contribution in [1.82, 2.24) is 0 Å². The highest BCUT2D eigenvalue weighted by molar-refractivity contribution is 7.92. The lowest BCUT2D eigenvalue weighted by Gasteiger charge is -2.28. The Labute approximate surface area is 192 Å². The van der Waals surface area contributed by atoms with E-state index in [-0.39, 0.29) is 10.8 Å². The van der Waals surface area contributed by atoms with E-state index >= 15 is 0 Å². The minimum absolute atomic E-state index is 0.0351. The number of morpholine rings is 1. The summed E-state index contributed by atoms with van der Waals surface area (Å²) in [6.45, 7) is 3.01. The summed E-state index contributed by atoms with van der Waals surface area (Å²) in [6, 6.07) is 19.7. The smallest absolute Gasteiger partial charge is 0.261 e. The molecule has 0 radical (unpaired) electrons. The molecule has 1 saturated heterocycles. The molecule has 1 aliphatic rings. The molecule has 2 N–H and O–H groups in total. The summed E-state index contributed by atoms with van der Waals surface area (Å²) in [7, 11) is -3.83. The number of amides is 1. The fourth-order valence-corrected chi connectivity index (χ4v) is 4.55. The third-order valence-corrected chi connectivity index (χ3v) is 6.64. The molecule has 1 aliphatic heterocycles. The van der Waals surface area contributed by atoms with Gasteiger partial charge in [0.2, 0.25) is 0 Å². The molecule has 32 heavy (non-hydrogen) atoms. The van der Waals surface area contributed by atoms with Crippen molar-refractivity contribution in [2.24, 2.45) is 0 Å². The zero-order valence-electron chi connectivity index (χ0n) is 17.1. The lowest BCUT2D eigenvalue weighted by molar-refractivity contribution is 0.102. The SMILES string of the molecule is O=C(Nc1cccc(S(=O)(=O)Nc2ccc(Cl)cc2)c1)c1ccc(N2CCOCC2)cc1. The Kier molecular flexibility index (Phi) is 6.64. The number of ether oxygens (including phenoxy) is 1. The van der Waals surface area contributed by atoms with Gasteiger partial charge in [-0.15, -0.1) is 0 Å². The van der Waals surface area contributed by atoms with E-state index in [1.54, 1.807) is 48.5 Å². The van der Waals surface area contributed by atoms with Crippen LogP contribution >= 0.6 is 11.6 Å². The van der Waals surface area contributed by atoms with Gasteiger partial charge in [0, 0.05) is 40.7 Å². The number of benzene rings is 3. The molecule has 0 bridgehead atoms. The normalized spacial score (nSPS) is 14.1. The fraction of sp³-hybridized carbons (Fsp3) is 0.174. The number of hydrogen-bond donors (Lipinski definition) is 2. The molecule has 0 spiro atoms. The molecule has 9 heteroatoms. The summed E-state index contributed by atoms with van der Waals surface area (Å²) in [5, 5.41) is 3.27. The van der Waals surface area contributed by atoms with Crippen LogP contribution in [-0.4, -0.2) is 40.6 Å². The van der Waals surface area contributed by atoms with Crippen LogP contribution in [0.25, 0.3) is 0 Å². The van der Waals surface area contributed by atoms with E-state index in [4.69, 9.17) is 16.3 Å². The summed E-state index contributed by atoms with van der Waals surface area (Å²) < 4.78 is 33.3. The molecular formula is C23H22ClN3O4S. The Morgan fingerprint density at radius 3 is 2.28 bits per heavy atom. The average Bonchev–Trinajstić information content (AvgIpc) is 2.81. The van der Waals surface area contributed by atoms with Gasteiger partial charge in [0.25, 0.3) is 15.9 Å². The van der Waals surface area contributed by atoms with Gasteiger partial charge in [-0.25, -0.2) is 8.42 Å². The summed E-state index contributed by atoms with van der Waals surface area (Å²) in [5.74, 6) is -0.321. The molecule has 0 aromatic heterocycles. The zero-order valence-corrected chi connectivity index (χ0v) is 18.7. The standard InChI is InChI=1S/C23H22ClN3O4S/c24-18-6-8-19(9-7-18)26-32(29,30)22-3-1-2-20(16-22)25-23(28)17-4-10-21(11-5-17)27-12-14-31-15-13-27/h1-11,16,26H,12-15H2,(H,25,28). The van der Waals surface area contributed by atoms with Crippen LogP contribution < -0.4 is 14.9 Å². The second-order valence-corrected chi connectivity index (χ2v) is 9.36. The molecule has 7 nitrogen and oxygen atoms in total. The molecule has 1 heterocycles. The number of carbonyl (C=O) groups is 1. The highest BCUT2D eigenvalue weighted by Gasteiger charge is 2.16. The summed E-state index contributed by atoms with van der Waals surface area (Å²) in [5.41, 5.74) is 2.29. The number of hydrogen-bond acceptors (Lipinski definition) is 5. The molecule has 0 saturated carbocycles. The Bertz CT molecular complexity index is 1190. The van der Waals surface area contributed by atoms with Crippen molar-refractivity contribution in [2.45, 2.75) is 4.90 Å². The largest absolute Gasteiger partial charge is 0.378 e. The van der Waals surface area contributed by atoms with E-state index in [9.17, 15) is 13.2 Å². The van der Waals surface area contributed by atoms with Gasteiger partial charge in [0.15, 0.2) is 0 Å². The molecule has 4 rings (SSSR count). The number of carbonyl (C=O) groups excluding carboxylic acids is 1. The van der Waals surface area contributed by atoms with Crippen LogP contribution in [-0.2, 0) is 14.8 Å². The van der Waals surface area contributed by atoms with Gasteiger partial charge in [0.05, 0.1) is 18.1 Å². The van der Waals surface area contributed by atoms with Crippen molar-refractivity contribution in [2.75, 3.05) is 41.2 Å². The molecule has 3 aromatic carbocycles. The van der Waals surface area contributed by atoms with Crippen molar-refractivity contribution >= 4 is 44.6 Å². The van der Waals surface area contributed by atoms with Gasteiger partial charge in [-0.3, -0.25) is 9.52 Å². The van der Waals surface area contributed by atoms with E-state index in [1.165, 1.54) is 12.1 Å². The van der Waals surface area contributed by atoms with Crippen LogP contribution in [0.15, 0.2) is 77.7 Å². The number of nitrogens with zero attached hydrogens (tertiary/aromatic N) is 1. The van der Waals surface area contributed by atoms with Crippen LogP contribution in [0.1, 0.15) is 10.4 Å². The molecule has 0 unspecified atom stereocenters. The van der Waals surface area contributed by atoms with Crippen LogP contribution in [0.5, 0.6) is 0 Å². The maximum Gasteiger partial charge on any atom is 0.261 e. The van der Waals surface area contributed by atoms with Gasteiger partial charge in [-0.1, -0.05) is 17.7 Å². The molecule has 0 atom stereocenters. The maximum atomic E-state index is 12.7. The number of anilines is 3. The molecule has 1 amide bonds. The van der Waals surface area contributed by atoms with Crippen molar-refractivity contribution in [1.29, 1.82) is 0 Å². The van der Waals surface area contributed by atoms with E-state index in [0.717, 1.165) is 18.8 Å². The Morgan fingerprint density at radius 1 is 0.906 bits per heavy atom. The minimum atomic E-state index is -3.83. The predicted molar refractivity (Wildman–Crippen MR) is 126 cm³/mol. The predicted octanol–water partition coefficient (Wildman–Crippen LogP) is 4.23. The molecule has 166 valence electrons. The highest BCUT2D eigenvalue weighted by atomic mass is 35.5. The molecular weight excluding hydrogens is 450 g/mol. The van der Waals surface area contributed by atoms with Crippen molar-refractivity contribution in [3.05, 3.63) is 83.4 Å². The van der Waals surface area contributed by atoms with E-state index in [0.29, 0.717) is 35.2 Å². The topological polar surface area (TPSA) is 87.7 Å². The number of halogens is 1. The Morgan fingerprint density at radius 2 is 1.59 bits per heavy atom. The highest BCUT2D eigenvalue weighted by Crippen LogP contribution is 2.22. The lowest BCUT2D eigenvalue weighted by Crippen LogP contribution is -2.36. The minimum Gasteiger partial charge on any atom is -0.378 e. The van der Waals surface area contributed by atoms with Crippen LogP contribution in [0.2, 0.25) is 5.02 Å². The molecule has 3 aromatic rings. The molecule has 0 aliphatic carbocycles. The first kappa shape index (κ1) is 22.1. The van der Waals surface area contributed by atoms with Crippen LogP contribution in [0, 0.1) is 0 Å². The van der Waals surface area contributed by atoms with Crippen molar-refractivity contribution in [3.63, 3.8) is 0 Å². The number of nitrogens with one attached hydrogen (secondary N) is 2. The Balaban J connectivity index is 1.45. The monoisotopic (exact) mass is 471 g/mol. The fourth-order valence-electron chi connectivity index (χ4n) is 3.32. The van der Waals surface area contributed by atoms with Gasteiger partial charge < -0.3 is 15.0 Å². The number of sulfonamides is 1. The zero-order chi connectivity index (χ0) is 22.6. The summed E-state index contributed by atoms with van der Waals surface area (Å²) in [6.07, 6.45) is 0. The van der Waals surface area contributed by atoms with E-state index < -0.39 is 10.0 Å². The lowest BCUT2D eigenvalue weighted by atomic mass is 10.1. The van der Waals surface area contributed by atoms with Gasteiger partial charge in [0.1, 0.15) is 0 Å². The van der Waals surface area contributed by atoms with Gasteiger partial charge in [-0.05, 0) is 66.7 Å². The third-order valence-electron chi connectivity index (χ3n) is 5.00. The summed E-state index contributed by atoms with van der Waals surface area (Å²) >= 11 is 5.84. The van der Waals surface area contributed by atoms with Crippen molar-refractivity contribution in [3.8, 4) is 0 Å². The maximum absolute atomic E-state index is 12.7. The second kappa shape index (κ2) is 9.60. The first-order valence-electron chi connectivity index (χ1n) is 10.0. The third kappa shape index (κ3) is 5.40. The van der Waals surface area contributed by atoms with Gasteiger partial charge >= 0.3 is 0 Å². The van der Waals surface area contributed by atoms with E-state index in [1.807, 2.05) is 12.1 Å². The van der Waals surface area contributed by atoms with E-state index in [2.05, 4.69) is 14.9 Å². The first-order valence-corrected chi connectivity index (χ1v) is 11.9. The van der Waals surface area contributed by atoms with Crippen LogP contribution in [0.4, 0.5) is 17.1 Å². The molecule has 1 fully saturated rings. The quantitative estimate of drug-likeness (QED) is 0.561. The Hall–Kier alpha value is -3.07. The second-order valence-electron chi connectivity index (χ2n) is 7.24. The first-order chi connectivity index (χ1) is 15.4.